The number of hydrogen-bond acceptors (Lipinski definition) is 6. The lowest BCUT2D eigenvalue weighted by molar-refractivity contribution is -0.385. The molecule has 0 bridgehead atoms. The molecule has 0 atom stereocenters. The number of carbonyl (C=O) groups excluding carboxylic acids is 1. The van der Waals surface area contributed by atoms with Gasteiger partial charge in [-0.3, -0.25) is 24.8 Å². The van der Waals surface area contributed by atoms with Gasteiger partial charge in [0, 0.05) is 19.2 Å². The number of thioether (sulfide) groups is 1. The summed E-state index contributed by atoms with van der Waals surface area (Å²) in [6.07, 6.45) is -3.01. The topological polar surface area (TPSA) is 85.0 Å². The van der Waals surface area contributed by atoms with Gasteiger partial charge in [-0.2, -0.15) is 13.2 Å². The monoisotopic (exact) mass is 465 g/mol. The number of carbonyl (C=O) groups is 1. The molecule has 0 saturated carbocycles. The summed E-state index contributed by atoms with van der Waals surface area (Å²) >= 11 is 1.28. The number of halogens is 3. The molecule has 1 saturated heterocycles. The number of hydrogen-bond donors (Lipinski definition) is 0. The van der Waals surface area contributed by atoms with Gasteiger partial charge in [0.15, 0.2) is 5.17 Å². The normalized spacial score (nSPS) is 16.8. The number of ether oxygens (including phenoxy) is 1. The van der Waals surface area contributed by atoms with Crippen LogP contribution in [0.3, 0.4) is 0 Å². The molecule has 1 aliphatic heterocycles. The van der Waals surface area contributed by atoms with Crippen LogP contribution in [0.15, 0.2) is 52.4 Å². The molecule has 1 aliphatic rings. The Morgan fingerprint density at radius 3 is 2.44 bits per heavy atom. The number of nitro groups is 1. The van der Waals surface area contributed by atoms with E-state index >= 15 is 0 Å². The minimum absolute atomic E-state index is 0.148. The van der Waals surface area contributed by atoms with Crippen molar-refractivity contribution in [2.75, 3.05) is 13.1 Å². The third-order valence-electron chi connectivity index (χ3n) is 4.39. The lowest BCUT2D eigenvalue weighted by Crippen LogP contribution is -2.28. The van der Waals surface area contributed by atoms with Crippen molar-refractivity contribution >= 4 is 34.6 Å². The number of nitrogens with zero attached hydrogens (tertiary/aromatic N) is 3. The van der Waals surface area contributed by atoms with Gasteiger partial charge in [-0.05, 0) is 61.5 Å². The first-order valence-electron chi connectivity index (χ1n) is 9.53. The number of likely N-dealkylation sites (N-methyl/N-ethyl adjacent to an activating group) is 1. The van der Waals surface area contributed by atoms with Gasteiger partial charge in [0.2, 0.25) is 5.75 Å². The number of rotatable bonds is 6. The van der Waals surface area contributed by atoms with E-state index in [9.17, 15) is 28.1 Å². The molecule has 7 nitrogen and oxygen atoms in total. The van der Waals surface area contributed by atoms with E-state index in [2.05, 4.69) is 4.99 Å². The third-order valence-corrected chi connectivity index (χ3v) is 5.43. The summed E-state index contributed by atoms with van der Waals surface area (Å²) in [7, 11) is 0. The number of alkyl halides is 3. The summed E-state index contributed by atoms with van der Waals surface area (Å²) in [5, 5.41) is 11.8. The lowest BCUT2D eigenvalue weighted by Gasteiger charge is -2.11. The summed E-state index contributed by atoms with van der Waals surface area (Å²) < 4.78 is 44.0. The summed E-state index contributed by atoms with van der Waals surface area (Å²) in [6.45, 7) is 4.80. The molecule has 2 aromatic rings. The summed E-state index contributed by atoms with van der Waals surface area (Å²) in [6, 6.07) is 8.37. The van der Waals surface area contributed by atoms with E-state index in [1.165, 1.54) is 23.9 Å². The Balaban J connectivity index is 1.81. The Hall–Kier alpha value is -3.34. The molecular weight excluding hydrogens is 447 g/mol. The molecule has 0 unspecified atom stereocenters. The maximum absolute atomic E-state index is 12.8. The van der Waals surface area contributed by atoms with Gasteiger partial charge in [0.25, 0.3) is 5.91 Å². The molecular formula is C21H18F3N3O4S. The molecule has 3 rings (SSSR count). The van der Waals surface area contributed by atoms with Crippen LogP contribution in [0.25, 0.3) is 6.08 Å². The zero-order valence-electron chi connectivity index (χ0n) is 17.0. The minimum atomic E-state index is -4.71. The van der Waals surface area contributed by atoms with Crippen molar-refractivity contribution in [1.82, 2.24) is 4.90 Å². The van der Waals surface area contributed by atoms with Crippen LogP contribution in [-0.2, 0) is 11.0 Å². The van der Waals surface area contributed by atoms with Crippen molar-refractivity contribution in [3.05, 3.63) is 68.6 Å². The van der Waals surface area contributed by atoms with Gasteiger partial charge in [-0.15, -0.1) is 0 Å². The van der Waals surface area contributed by atoms with Gasteiger partial charge >= 0.3 is 11.9 Å². The molecule has 1 heterocycles. The predicted octanol–water partition coefficient (Wildman–Crippen LogP) is 5.72. The molecule has 0 spiro atoms. The molecule has 168 valence electrons. The fourth-order valence-electron chi connectivity index (χ4n) is 2.87. The van der Waals surface area contributed by atoms with Gasteiger partial charge < -0.3 is 4.74 Å². The average molecular weight is 465 g/mol. The average Bonchev–Trinajstić information content (AvgIpc) is 3.03. The second kappa shape index (κ2) is 9.43. The maximum atomic E-state index is 12.8. The number of aliphatic imine (C=N–C) groups is 1. The number of nitro benzene ring substituents is 1. The van der Waals surface area contributed by atoms with Crippen LogP contribution >= 0.6 is 11.8 Å². The van der Waals surface area contributed by atoms with Crippen LogP contribution in [0.5, 0.6) is 11.5 Å². The molecule has 0 aromatic heterocycles. The standard InChI is InChI=1S/C21H18F3N3O4S/c1-3-25-20-26(4-2)19(28)18(32-20)11-13-5-8-15(9-6-13)31-17-10-7-14(21(22,23)24)12-16(17)27(29)30/h5-12H,3-4H2,1-2H3. The highest BCUT2D eigenvalue weighted by molar-refractivity contribution is 8.18. The summed E-state index contributed by atoms with van der Waals surface area (Å²) in [5.41, 5.74) is -1.24. The first-order chi connectivity index (χ1) is 15.1. The van der Waals surface area contributed by atoms with Gasteiger partial charge in [-0.25, -0.2) is 0 Å². The molecule has 1 fully saturated rings. The maximum Gasteiger partial charge on any atom is 0.416 e. The Morgan fingerprint density at radius 2 is 1.88 bits per heavy atom. The quantitative estimate of drug-likeness (QED) is 0.310. The van der Waals surface area contributed by atoms with Crippen molar-refractivity contribution in [2.24, 2.45) is 4.99 Å². The van der Waals surface area contributed by atoms with E-state index in [0.29, 0.717) is 34.8 Å². The molecule has 0 radical (unpaired) electrons. The zero-order chi connectivity index (χ0) is 23.5. The smallest absolute Gasteiger partial charge is 0.416 e. The molecule has 0 aliphatic carbocycles. The van der Waals surface area contributed by atoms with E-state index in [1.54, 1.807) is 23.1 Å². The number of amidine groups is 1. The van der Waals surface area contributed by atoms with Crippen LogP contribution in [0.1, 0.15) is 25.0 Å². The van der Waals surface area contributed by atoms with Crippen molar-refractivity contribution in [3.8, 4) is 11.5 Å². The highest BCUT2D eigenvalue weighted by atomic mass is 32.2. The Bertz CT molecular complexity index is 1100. The Morgan fingerprint density at radius 1 is 1.19 bits per heavy atom. The van der Waals surface area contributed by atoms with Crippen LogP contribution < -0.4 is 4.74 Å². The molecule has 0 N–H and O–H groups in total. The largest absolute Gasteiger partial charge is 0.450 e. The van der Waals surface area contributed by atoms with Gasteiger partial charge in [-0.1, -0.05) is 12.1 Å². The molecule has 32 heavy (non-hydrogen) atoms. The SMILES string of the molecule is CCN=C1SC(=Cc2ccc(Oc3ccc(C(F)(F)F)cc3[N+](=O)[O-])cc2)C(=O)N1CC. The third kappa shape index (κ3) is 5.10. The van der Waals surface area contributed by atoms with E-state index in [0.717, 1.165) is 12.1 Å². The van der Waals surface area contributed by atoms with E-state index < -0.39 is 22.4 Å². The molecule has 2 aromatic carbocycles. The Kier molecular flexibility index (Phi) is 6.87. The minimum Gasteiger partial charge on any atom is -0.450 e. The highest BCUT2D eigenvalue weighted by Gasteiger charge is 2.34. The summed E-state index contributed by atoms with van der Waals surface area (Å²) in [5.74, 6) is -0.260. The second-order valence-corrected chi connectivity index (χ2v) is 7.53. The van der Waals surface area contributed by atoms with Crippen LogP contribution in [0.2, 0.25) is 0 Å². The first-order valence-corrected chi connectivity index (χ1v) is 10.3. The fourth-order valence-corrected chi connectivity index (χ4v) is 3.98. The van der Waals surface area contributed by atoms with Crippen LogP contribution in [0.4, 0.5) is 18.9 Å². The first kappa shape index (κ1) is 23.3. The predicted molar refractivity (Wildman–Crippen MR) is 116 cm³/mol. The summed E-state index contributed by atoms with van der Waals surface area (Å²) in [4.78, 5) is 29.2. The van der Waals surface area contributed by atoms with Gasteiger partial charge in [0.05, 0.1) is 15.4 Å². The second-order valence-electron chi connectivity index (χ2n) is 6.53. The zero-order valence-corrected chi connectivity index (χ0v) is 17.9. The lowest BCUT2D eigenvalue weighted by atomic mass is 10.1. The van der Waals surface area contributed by atoms with Crippen molar-refractivity contribution < 1.29 is 27.6 Å². The van der Waals surface area contributed by atoms with Crippen LogP contribution in [0, 0.1) is 10.1 Å². The van der Waals surface area contributed by atoms with Crippen LogP contribution in [-0.4, -0.2) is 34.0 Å². The fraction of sp³-hybridized carbons (Fsp3) is 0.238. The Labute approximate surface area is 185 Å². The van der Waals surface area contributed by atoms with Crippen molar-refractivity contribution in [1.29, 1.82) is 0 Å². The van der Waals surface area contributed by atoms with E-state index in [-0.39, 0.29) is 17.4 Å². The molecule has 1 amide bonds. The number of benzene rings is 2. The van der Waals surface area contributed by atoms with Crippen molar-refractivity contribution in [3.63, 3.8) is 0 Å². The highest BCUT2D eigenvalue weighted by Crippen LogP contribution is 2.38. The molecule has 11 heteroatoms. The van der Waals surface area contributed by atoms with E-state index in [4.69, 9.17) is 4.74 Å². The van der Waals surface area contributed by atoms with E-state index in [1.807, 2.05) is 13.8 Å². The number of amides is 1. The van der Waals surface area contributed by atoms with Gasteiger partial charge in [0.1, 0.15) is 5.75 Å². The van der Waals surface area contributed by atoms with Crippen molar-refractivity contribution in [2.45, 2.75) is 20.0 Å².